The third-order valence-corrected chi connectivity index (χ3v) is 4.34. The maximum atomic E-state index is 12.9. The molecule has 1 amide bonds. The first-order chi connectivity index (χ1) is 12.0. The van der Waals surface area contributed by atoms with E-state index in [0.717, 1.165) is 16.9 Å². The van der Waals surface area contributed by atoms with E-state index in [1.54, 1.807) is 25.1 Å². The van der Waals surface area contributed by atoms with E-state index in [1.165, 1.54) is 23.5 Å². The molecule has 0 bridgehead atoms. The average Bonchev–Trinajstić information content (AvgIpc) is 3.06. The number of benzene rings is 2. The number of anilines is 3. The van der Waals surface area contributed by atoms with Crippen molar-refractivity contribution in [2.24, 2.45) is 0 Å². The Hall–Kier alpha value is -2.44. The van der Waals surface area contributed by atoms with Crippen molar-refractivity contribution in [1.29, 1.82) is 0 Å². The summed E-state index contributed by atoms with van der Waals surface area (Å²) in [6.07, 6.45) is 0. The molecule has 0 aliphatic heterocycles. The SMILES string of the molecule is CC(Cl)C(=O)Nc1cccc(-c2csc(Nc3ccc(F)cc3)n2)c1. The first kappa shape index (κ1) is 17.4. The van der Waals surface area contributed by atoms with Gasteiger partial charge in [-0.15, -0.1) is 22.9 Å². The van der Waals surface area contributed by atoms with E-state index in [1.807, 2.05) is 23.6 Å². The molecule has 2 aromatic carbocycles. The van der Waals surface area contributed by atoms with Gasteiger partial charge in [-0.25, -0.2) is 9.37 Å². The van der Waals surface area contributed by atoms with Gasteiger partial charge in [-0.3, -0.25) is 4.79 Å². The van der Waals surface area contributed by atoms with Gasteiger partial charge in [0.2, 0.25) is 5.91 Å². The fourth-order valence-corrected chi connectivity index (χ4v) is 2.91. The predicted octanol–water partition coefficient (Wildman–Crippen LogP) is 5.26. The molecule has 0 aliphatic carbocycles. The van der Waals surface area contributed by atoms with Crippen LogP contribution in [-0.2, 0) is 4.79 Å². The Bertz CT molecular complexity index is 880. The molecule has 1 atom stereocenters. The molecule has 25 heavy (non-hydrogen) atoms. The van der Waals surface area contributed by atoms with Gasteiger partial charge in [0.15, 0.2) is 5.13 Å². The van der Waals surface area contributed by atoms with Crippen LogP contribution in [0.4, 0.5) is 20.9 Å². The van der Waals surface area contributed by atoms with Gasteiger partial charge in [0.25, 0.3) is 0 Å². The summed E-state index contributed by atoms with van der Waals surface area (Å²) in [6, 6.07) is 13.5. The third kappa shape index (κ3) is 4.55. The van der Waals surface area contributed by atoms with Crippen molar-refractivity contribution in [3.05, 3.63) is 59.7 Å². The van der Waals surface area contributed by atoms with Crippen molar-refractivity contribution < 1.29 is 9.18 Å². The van der Waals surface area contributed by atoms with Crippen LogP contribution in [0.25, 0.3) is 11.3 Å². The lowest BCUT2D eigenvalue weighted by molar-refractivity contribution is -0.115. The summed E-state index contributed by atoms with van der Waals surface area (Å²) in [6.45, 7) is 1.62. The lowest BCUT2D eigenvalue weighted by Gasteiger charge is -2.07. The summed E-state index contributed by atoms with van der Waals surface area (Å²) >= 11 is 7.21. The van der Waals surface area contributed by atoms with Crippen molar-refractivity contribution in [2.75, 3.05) is 10.6 Å². The number of hydrogen-bond donors (Lipinski definition) is 2. The fourth-order valence-electron chi connectivity index (χ4n) is 2.12. The van der Waals surface area contributed by atoms with Gasteiger partial charge < -0.3 is 10.6 Å². The average molecular weight is 376 g/mol. The van der Waals surface area contributed by atoms with Gasteiger partial charge in [-0.2, -0.15) is 0 Å². The van der Waals surface area contributed by atoms with E-state index in [0.29, 0.717) is 10.8 Å². The summed E-state index contributed by atoms with van der Waals surface area (Å²) in [5, 5.41) is 7.90. The summed E-state index contributed by atoms with van der Waals surface area (Å²) in [4.78, 5) is 16.2. The monoisotopic (exact) mass is 375 g/mol. The van der Waals surface area contributed by atoms with Crippen molar-refractivity contribution >= 4 is 45.4 Å². The minimum Gasteiger partial charge on any atom is -0.332 e. The Kier molecular flexibility index (Phi) is 5.31. The predicted molar refractivity (Wildman–Crippen MR) is 101 cm³/mol. The normalized spacial score (nSPS) is 11.8. The molecule has 7 heteroatoms. The van der Waals surface area contributed by atoms with E-state index in [4.69, 9.17) is 11.6 Å². The van der Waals surface area contributed by atoms with Crippen LogP contribution in [0.5, 0.6) is 0 Å². The molecule has 1 heterocycles. The van der Waals surface area contributed by atoms with Crippen LogP contribution in [0.2, 0.25) is 0 Å². The van der Waals surface area contributed by atoms with E-state index in [2.05, 4.69) is 15.6 Å². The Morgan fingerprint density at radius 2 is 1.96 bits per heavy atom. The molecule has 3 aromatic rings. The van der Waals surface area contributed by atoms with Crippen LogP contribution in [0.1, 0.15) is 6.92 Å². The van der Waals surface area contributed by atoms with Crippen LogP contribution in [0.15, 0.2) is 53.9 Å². The quantitative estimate of drug-likeness (QED) is 0.598. The highest BCUT2D eigenvalue weighted by atomic mass is 35.5. The zero-order valence-corrected chi connectivity index (χ0v) is 14.9. The lowest BCUT2D eigenvalue weighted by atomic mass is 10.1. The van der Waals surface area contributed by atoms with Gasteiger partial charge in [0.05, 0.1) is 5.69 Å². The van der Waals surface area contributed by atoms with Crippen molar-refractivity contribution in [2.45, 2.75) is 12.3 Å². The highest BCUT2D eigenvalue weighted by molar-refractivity contribution is 7.14. The van der Waals surface area contributed by atoms with Gasteiger partial charge >= 0.3 is 0 Å². The Morgan fingerprint density at radius 1 is 1.20 bits per heavy atom. The second-order valence-corrected chi connectivity index (χ2v) is 6.87. The van der Waals surface area contributed by atoms with Crippen LogP contribution in [-0.4, -0.2) is 16.3 Å². The number of nitrogens with one attached hydrogen (secondary N) is 2. The van der Waals surface area contributed by atoms with Gasteiger partial charge in [0, 0.05) is 22.3 Å². The first-order valence-corrected chi connectivity index (χ1v) is 8.86. The molecule has 0 radical (unpaired) electrons. The summed E-state index contributed by atoms with van der Waals surface area (Å²) in [5.74, 6) is -0.536. The van der Waals surface area contributed by atoms with E-state index < -0.39 is 5.38 Å². The number of nitrogens with zero attached hydrogens (tertiary/aromatic N) is 1. The molecule has 0 fully saturated rings. The highest BCUT2D eigenvalue weighted by Gasteiger charge is 2.10. The molecule has 0 saturated heterocycles. The smallest absolute Gasteiger partial charge is 0.242 e. The molecule has 128 valence electrons. The lowest BCUT2D eigenvalue weighted by Crippen LogP contribution is -2.20. The maximum Gasteiger partial charge on any atom is 0.242 e. The van der Waals surface area contributed by atoms with Crippen LogP contribution in [0, 0.1) is 5.82 Å². The number of carbonyl (C=O) groups excluding carboxylic acids is 1. The minimum atomic E-state index is -0.602. The summed E-state index contributed by atoms with van der Waals surface area (Å²) in [7, 11) is 0. The summed E-state index contributed by atoms with van der Waals surface area (Å²) in [5.41, 5.74) is 3.09. The Labute approximate surface area is 153 Å². The molecule has 1 unspecified atom stereocenters. The van der Waals surface area contributed by atoms with E-state index >= 15 is 0 Å². The number of amides is 1. The van der Waals surface area contributed by atoms with E-state index in [9.17, 15) is 9.18 Å². The number of hydrogen-bond acceptors (Lipinski definition) is 4. The number of rotatable bonds is 5. The van der Waals surface area contributed by atoms with Crippen LogP contribution >= 0.6 is 22.9 Å². The molecule has 4 nitrogen and oxygen atoms in total. The molecule has 0 aliphatic rings. The van der Waals surface area contributed by atoms with Gasteiger partial charge in [-0.1, -0.05) is 12.1 Å². The second-order valence-electron chi connectivity index (χ2n) is 5.36. The highest BCUT2D eigenvalue weighted by Crippen LogP contribution is 2.28. The first-order valence-electron chi connectivity index (χ1n) is 7.55. The van der Waals surface area contributed by atoms with Crippen LogP contribution < -0.4 is 10.6 Å². The van der Waals surface area contributed by atoms with Crippen LogP contribution in [0.3, 0.4) is 0 Å². The molecule has 3 rings (SSSR count). The fraction of sp³-hybridized carbons (Fsp3) is 0.111. The molecule has 2 N–H and O–H groups in total. The second kappa shape index (κ2) is 7.63. The van der Waals surface area contributed by atoms with Gasteiger partial charge in [0.1, 0.15) is 11.2 Å². The third-order valence-electron chi connectivity index (χ3n) is 3.39. The number of alkyl halides is 1. The Balaban J connectivity index is 1.75. The molecule has 0 spiro atoms. The van der Waals surface area contributed by atoms with Gasteiger partial charge in [-0.05, 0) is 43.3 Å². The molecule has 0 saturated carbocycles. The topological polar surface area (TPSA) is 54.0 Å². The standard InChI is InChI=1S/C18H15ClFN3OS/c1-11(19)17(24)21-15-4-2-3-12(9-15)16-10-25-18(23-16)22-14-7-5-13(20)6-8-14/h2-11H,1H3,(H,21,24)(H,22,23). The Morgan fingerprint density at radius 3 is 2.68 bits per heavy atom. The number of carbonyl (C=O) groups is 1. The molecule has 1 aromatic heterocycles. The molecular formula is C18H15ClFN3OS. The largest absolute Gasteiger partial charge is 0.332 e. The minimum absolute atomic E-state index is 0.254. The van der Waals surface area contributed by atoms with E-state index in [-0.39, 0.29) is 11.7 Å². The number of thiazole rings is 1. The van der Waals surface area contributed by atoms with Crippen molar-refractivity contribution in [1.82, 2.24) is 4.98 Å². The zero-order chi connectivity index (χ0) is 17.8. The molecular weight excluding hydrogens is 361 g/mol. The van der Waals surface area contributed by atoms with Crippen molar-refractivity contribution in [3.8, 4) is 11.3 Å². The number of aromatic nitrogens is 1. The number of halogens is 2. The maximum absolute atomic E-state index is 12.9. The summed E-state index contributed by atoms with van der Waals surface area (Å²) < 4.78 is 12.9. The zero-order valence-electron chi connectivity index (χ0n) is 13.3. The van der Waals surface area contributed by atoms with Crippen molar-refractivity contribution in [3.63, 3.8) is 0 Å².